The molecule has 2 heterocycles. The van der Waals surface area contributed by atoms with E-state index in [2.05, 4.69) is 98.9 Å². The molecule has 14 heteroatoms. The monoisotopic (exact) mass is 1060 g/mol. The van der Waals surface area contributed by atoms with Gasteiger partial charge in [-0.25, -0.2) is 0 Å². The van der Waals surface area contributed by atoms with E-state index in [4.69, 9.17) is 28.4 Å². The van der Waals surface area contributed by atoms with Gasteiger partial charge in [0.25, 0.3) is 0 Å². The molecule has 0 aliphatic carbocycles. The van der Waals surface area contributed by atoms with Crippen molar-refractivity contribution < 1.29 is 69.0 Å². The maximum atomic E-state index is 13.1. The largest absolute Gasteiger partial charge is 0.457 e. The molecule has 14 nitrogen and oxygen atoms in total. The molecule has 7 N–H and O–H groups in total. The molecule has 0 amide bonds. The molecule has 2 aliphatic rings. The SMILES string of the molecule is CC/C=C\C/C=C\C/C=C\C/C=C\C/C=C\CCCCCCCCCC(=O)OC(COCCCCCCCCCC/C=C\C/C=C\CCCCC)COC1OC(COC2OC(CO)C(O)C(O)C2O)C(O)C(O)C1O. The minimum absolute atomic E-state index is 0.0483. The number of rotatable bonds is 46. The van der Waals surface area contributed by atoms with Crippen LogP contribution in [0.1, 0.15) is 194 Å². The molecule has 11 unspecified atom stereocenters. The quantitative estimate of drug-likeness (QED) is 0.0172. The van der Waals surface area contributed by atoms with E-state index in [9.17, 15) is 40.5 Å². The third-order valence-corrected chi connectivity index (χ3v) is 13.4. The van der Waals surface area contributed by atoms with E-state index in [1.807, 2.05) is 0 Å². The van der Waals surface area contributed by atoms with Gasteiger partial charge < -0.3 is 64.2 Å². The molecular weight excluding hydrogens is 957 g/mol. The summed E-state index contributed by atoms with van der Waals surface area (Å²) in [6, 6.07) is 0. The van der Waals surface area contributed by atoms with Gasteiger partial charge in [-0.15, -0.1) is 0 Å². The van der Waals surface area contributed by atoms with Gasteiger partial charge in [0.05, 0.1) is 26.4 Å². The van der Waals surface area contributed by atoms with Crippen LogP contribution in [0.4, 0.5) is 0 Å². The van der Waals surface area contributed by atoms with Crippen LogP contribution in [0, 0.1) is 0 Å². The zero-order valence-electron chi connectivity index (χ0n) is 46.3. The summed E-state index contributed by atoms with van der Waals surface area (Å²) in [6.45, 7) is 3.52. The minimum atomic E-state index is -1.71. The summed E-state index contributed by atoms with van der Waals surface area (Å²) in [5.74, 6) is -0.392. The second-order valence-corrected chi connectivity index (χ2v) is 20.1. The van der Waals surface area contributed by atoms with Crippen LogP contribution in [0.3, 0.4) is 0 Å². The molecule has 0 aromatic carbocycles. The predicted octanol–water partition coefficient (Wildman–Crippen LogP) is 10.4. The van der Waals surface area contributed by atoms with Gasteiger partial charge >= 0.3 is 5.97 Å². The molecule has 0 saturated carbocycles. The molecule has 0 spiro atoms. The van der Waals surface area contributed by atoms with E-state index in [0.717, 1.165) is 103 Å². The Bertz CT molecular complexity index is 1560. The molecule has 11 atom stereocenters. The van der Waals surface area contributed by atoms with Gasteiger partial charge in [0.1, 0.15) is 54.9 Å². The van der Waals surface area contributed by atoms with Crippen LogP contribution in [0.15, 0.2) is 85.1 Å². The first-order valence-corrected chi connectivity index (χ1v) is 29.2. The summed E-state index contributed by atoms with van der Waals surface area (Å²) in [5.41, 5.74) is 0. The first kappa shape index (κ1) is 68.3. The highest BCUT2D eigenvalue weighted by Crippen LogP contribution is 2.26. The number of hydrogen-bond acceptors (Lipinski definition) is 14. The second kappa shape index (κ2) is 47.2. The van der Waals surface area contributed by atoms with Crippen molar-refractivity contribution in [2.45, 2.75) is 261 Å². The van der Waals surface area contributed by atoms with Gasteiger partial charge in [0.2, 0.25) is 0 Å². The summed E-state index contributed by atoms with van der Waals surface area (Å²) in [7, 11) is 0. The first-order chi connectivity index (χ1) is 36.6. The Morgan fingerprint density at radius 1 is 0.453 bits per heavy atom. The highest BCUT2D eigenvalue weighted by Gasteiger charge is 2.47. The molecule has 0 aromatic rings. The molecule has 2 rings (SSSR count). The van der Waals surface area contributed by atoms with Gasteiger partial charge in [-0.1, -0.05) is 182 Å². The topological polar surface area (TPSA) is 214 Å². The van der Waals surface area contributed by atoms with E-state index in [0.29, 0.717) is 13.0 Å². The van der Waals surface area contributed by atoms with Gasteiger partial charge in [-0.2, -0.15) is 0 Å². The molecule has 0 aromatic heterocycles. The van der Waals surface area contributed by atoms with E-state index in [1.54, 1.807) is 0 Å². The van der Waals surface area contributed by atoms with Crippen LogP contribution in [0.25, 0.3) is 0 Å². The van der Waals surface area contributed by atoms with Crippen LogP contribution in [-0.2, 0) is 33.2 Å². The lowest BCUT2D eigenvalue weighted by molar-refractivity contribution is -0.332. The van der Waals surface area contributed by atoms with Crippen molar-refractivity contribution in [3.63, 3.8) is 0 Å². The summed E-state index contributed by atoms with van der Waals surface area (Å²) >= 11 is 0. The number of unbranched alkanes of at least 4 members (excludes halogenated alkanes) is 18. The number of aliphatic hydroxyl groups excluding tert-OH is 7. The zero-order valence-corrected chi connectivity index (χ0v) is 46.3. The molecule has 0 radical (unpaired) electrons. The number of aliphatic hydroxyl groups is 7. The van der Waals surface area contributed by atoms with Crippen molar-refractivity contribution >= 4 is 5.97 Å². The summed E-state index contributed by atoms with van der Waals surface area (Å²) in [6.07, 6.45) is 44.9. The number of allylic oxidation sites excluding steroid dienone is 14. The highest BCUT2D eigenvalue weighted by atomic mass is 16.7. The van der Waals surface area contributed by atoms with Crippen molar-refractivity contribution in [3.8, 4) is 0 Å². The Labute approximate surface area is 452 Å². The van der Waals surface area contributed by atoms with Crippen LogP contribution in [0.2, 0.25) is 0 Å². The van der Waals surface area contributed by atoms with Crippen molar-refractivity contribution in [2.75, 3.05) is 33.0 Å². The Balaban J connectivity index is 1.73. The van der Waals surface area contributed by atoms with Crippen molar-refractivity contribution in [2.24, 2.45) is 0 Å². The maximum Gasteiger partial charge on any atom is 0.306 e. The molecule has 75 heavy (non-hydrogen) atoms. The Hall–Kier alpha value is -2.83. The molecule has 2 fully saturated rings. The highest BCUT2D eigenvalue weighted by molar-refractivity contribution is 5.69. The van der Waals surface area contributed by atoms with Gasteiger partial charge in [0.15, 0.2) is 12.6 Å². The Kier molecular flexibility index (Phi) is 43.0. The molecule has 0 bridgehead atoms. The average molecular weight is 1060 g/mol. The van der Waals surface area contributed by atoms with Crippen LogP contribution in [0.5, 0.6) is 0 Å². The number of carbonyl (C=O) groups is 1. The third kappa shape index (κ3) is 33.9. The predicted molar refractivity (Wildman–Crippen MR) is 298 cm³/mol. The van der Waals surface area contributed by atoms with Crippen LogP contribution >= 0.6 is 0 Å². The normalized spacial score (nSPS) is 25.2. The standard InChI is InChI=1S/C61H104O14/c1-3-5-7-9-11-13-15-17-19-21-23-24-25-26-27-28-30-32-34-36-38-40-42-44-53(63)73-50(47-70-45-43-41-39-37-35-33-31-29-22-20-18-16-14-12-10-8-6-4-2)48-71-60-59(69)57(67)55(65)52(75-60)49-72-61-58(68)56(66)54(64)51(46-62)74-61/h5,7,11-14,17-20,23-24,26-27,50-52,54-62,64-69H,3-4,6,8-10,15-16,21-22,25,28-49H2,1-2H3/b7-5-,13-11-,14-12-,19-17-,20-18-,24-23-,27-26-. The summed E-state index contributed by atoms with van der Waals surface area (Å²) in [4.78, 5) is 13.1. The zero-order chi connectivity index (χ0) is 54.4. The van der Waals surface area contributed by atoms with Crippen LogP contribution < -0.4 is 0 Å². The van der Waals surface area contributed by atoms with E-state index in [1.165, 1.54) is 64.2 Å². The lowest BCUT2D eigenvalue weighted by Gasteiger charge is -2.42. The second-order valence-electron chi connectivity index (χ2n) is 20.1. The average Bonchev–Trinajstić information content (AvgIpc) is 3.41. The van der Waals surface area contributed by atoms with Crippen LogP contribution in [-0.4, -0.2) is 142 Å². The maximum absolute atomic E-state index is 13.1. The van der Waals surface area contributed by atoms with E-state index in [-0.39, 0.29) is 19.6 Å². The van der Waals surface area contributed by atoms with E-state index >= 15 is 0 Å². The molecule has 2 aliphatic heterocycles. The lowest BCUT2D eigenvalue weighted by atomic mass is 9.98. The fraction of sp³-hybridized carbons (Fsp3) is 0.754. The number of carbonyl (C=O) groups excluding carboxylic acids is 1. The fourth-order valence-corrected chi connectivity index (χ4v) is 8.69. The fourth-order valence-electron chi connectivity index (χ4n) is 8.69. The van der Waals surface area contributed by atoms with E-state index < -0.39 is 86.7 Å². The minimum Gasteiger partial charge on any atom is -0.457 e. The van der Waals surface area contributed by atoms with Crippen molar-refractivity contribution in [1.29, 1.82) is 0 Å². The smallest absolute Gasteiger partial charge is 0.306 e. The van der Waals surface area contributed by atoms with Gasteiger partial charge in [0, 0.05) is 13.0 Å². The molecule has 432 valence electrons. The Morgan fingerprint density at radius 3 is 1.36 bits per heavy atom. The molecule has 2 saturated heterocycles. The Morgan fingerprint density at radius 2 is 0.867 bits per heavy atom. The lowest BCUT2D eigenvalue weighted by Crippen LogP contribution is -2.61. The van der Waals surface area contributed by atoms with Gasteiger partial charge in [-0.3, -0.25) is 4.79 Å². The summed E-state index contributed by atoms with van der Waals surface area (Å²) in [5, 5.41) is 72.4. The van der Waals surface area contributed by atoms with Gasteiger partial charge in [-0.05, 0) is 89.9 Å². The van der Waals surface area contributed by atoms with Crippen molar-refractivity contribution in [1.82, 2.24) is 0 Å². The number of esters is 1. The number of ether oxygens (including phenoxy) is 6. The summed E-state index contributed by atoms with van der Waals surface area (Å²) < 4.78 is 34.4. The van der Waals surface area contributed by atoms with Crippen molar-refractivity contribution in [3.05, 3.63) is 85.1 Å². The third-order valence-electron chi connectivity index (χ3n) is 13.4. The first-order valence-electron chi connectivity index (χ1n) is 29.2. The number of hydrogen-bond donors (Lipinski definition) is 7. The molecular formula is C61H104O14.